The van der Waals surface area contributed by atoms with Crippen molar-refractivity contribution in [3.63, 3.8) is 0 Å². The average molecular weight is 322 g/mol. The molecule has 0 aliphatic carbocycles. The van der Waals surface area contributed by atoms with Gasteiger partial charge in [-0.1, -0.05) is 36.1 Å². The summed E-state index contributed by atoms with van der Waals surface area (Å²) < 4.78 is 0.717. The number of thioether (sulfide) groups is 1. The van der Waals surface area contributed by atoms with E-state index in [2.05, 4.69) is 15.5 Å². The second kappa shape index (κ2) is 6.91. The normalized spacial score (nSPS) is 12.1. The highest BCUT2D eigenvalue weighted by molar-refractivity contribution is 8.02. The number of aryl methyl sites for hydroxylation is 2. The number of nitrogen functional groups attached to an aromatic ring is 1. The van der Waals surface area contributed by atoms with E-state index in [0.29, 0.717) is 11.6 Å². The Balaban J connectivity index is 2.04. The minimum Gasteiger partial charge on any atom is -0.374 e. The van der Waals surface area contributed by atoms with Gasteiger partial charge in [0.05, 0.1) is 5.25 Å². The number of benzene rings is 1. The molecule has 1 aromatic heterocycles. The Kier molecular flexibility index (Phi) is 5.19. The van der Waals surface area contributed by atoms with E-state index < -0.39 is 0 Å². The van der Waals surface area contributed by atoms with Crippen LogP contribution in [0.5, 0.6) is 0 Å². The van der Waals surface area contributed by atoms with Crippen molar-refractivity contribution in [2.45, 2.75) is 36.8 Å². The first kappa shape index (κ1) is 15.8. The Bertz CT molecular complexity index is 642. The number of amides is 1. The molecule has 1 aromatic carbocycles. The largest absolute Gasteiger partial charge is 0.374 e. The van der Waals surface area contributed by atoms with Gasteiger partial charge in [-0.2, -0.15) is 0 Å². The second-order valence-corrected chi connectivity index (χ2v) is 7.17. The molecule has 0 bridgehead atoms. The minimum atomic E-state index is -0.209. The highest BCUT2D eigenvalue weighted by atomic mass is 32.2. The van der Waals surface area contributed by atoms with E-state index in [4.69, 9.17) is 5.73 Å². The fourth-order valence-electron chi connectivity index (χ4n) is 1.75. The molecule has 0 fully saturated rings. The quantitative estimate of drug-likeness (QED) is 0.826. The summed E-state index contributed by atoms with van der Waals surface area (Å²) in [7, 11) is 0. The van der Waals surface area contributed by atoms with Gasteiger partial charge in [-0.3, -0.25) is 4.79 Å². The third-order valence-electron chi connectivity index (χ3n) is 3.10. The second-order valence-electron chi connectivity index (χ2n) is 4.71. The van der Waals surface area contributed by atoms with Crippen LogP contribution in [0.4, 0.5) is 10.8 Å². The zero-order valence-corrected chi connectivity index (χ0v) is 13.8. The van der Waals surface area contributed by atoms with Crippen LogP contribution >= 0.6 is 23.1 Å². The van der Waals surface area contributed by atoms with Gasteiger partial charge in [0, 0.05) is 5.69 Å². The average Bonchev–Trinajstić information content (AvgIpc) is 2.85. The Morgan fingerprint density at radius 1 is 1.38 bits per heavy atom. The molecule has 1 unspecified atom stereocenters. The predicted octanol–water partition coefficient (Wildman–Crippen LogP) is 3.25. The van der Waals surface area contributed by atoms with E-state index in [9.17, 15) is 4.79 Å². The lowest BCUT2D eigenvalue weighted by atomic mass is 10.1. The van der Waals surface area contributed by atoms with Gasteiger partial charge in [-0.25, -0.2) is 0 Å². The number of aromatic nitrogens is 2. The number of hydrogen-bond acceptors (Lipinski definition) is 6. The molecule has 3 N–H and O–H groups in total. The molecule has 7 heteroatoms. The molecule has 0 saturated carbocycles. The number of rotatable bonds is 5. The number of nitrogens with one attached hydrogen (secondary N) is 1. The maximum absolute atomic E-state index is 12.3. The Morgan fingerprint density at radius 2 is 2.14 bits per heavy atom. The lowest BCUT2D eigenvalue weighted by Crippen LogP contribution is -2.24. The monoisotopic (exact) mass is 322 g/mol. The van der Waals surface area contributed by atoms with Gasteiger partial charge in [-0.15, -0.1) is 10.2 Å². The molecule has 1 amide bonds. The van der Waals surface area contributed by atoms with Crippen LogP contribution in [0.15, 0.2) is 22.5 Å². The molecular weight excluding hydrogens is 304 g/mol. The summed E-state index contributed by atoms with van der Waals surface area (Å²) in [5.74, 6) is -0.0282. The predicted molar refractivity (Wildman–Crippen MR) is 88.8 cm³/mol. The van der Waals surface area contributed by atoms with Crippen LogP contribution < -0.4 is 11.1 Å². The van der Waals surface area contributed by atoms with Gasteiger partial charge >= 0.3 is 0 Å². The Morgan fingerprint density at radius 3 is 2.71 bits per heavy atom. The standard InChI is InChI=1S/C14H18N4OS2/c1-4-11(20-14-18-17-13(15)21-14)12(19)16-10-6-5-8(2)9(3)7-10/h5-7,11H,4H2,1-3H3,(H2,15,17)(H,16,19). The third kappa shape index (κ3) is 4.18. The van der Waals surface area contributed by atoms with E-state index in [-0.39, 0.29) is 11.2 Å². The van der Waals surface area contributed by atoms with E-state index in [1.807, 2.05) is 39.0 Å². The maximum atomic E-state index is 12.3. The third-order valence-corrected chi connectivity index (χ3v) is 5.30. The van der Waals surface area contributed by atoms with Crippen LogP contribution in [0.2, 0.25) is 0 Å². The van der Waals surface area contributed by atoms with E-state index in [0.717, 1.165) is 15.6 Å². The molecule has 0 aliphatic rings. The van der Waals surface area contributed by atoms with Crippen molar-refractivity contribution < 1.29 is 4.79 Å². The van der Waals surface area contributed by atoms with Gasteiger partial charge < -0.3 is 11.1 Å². The van der Waals surface area contributed by atoms with Crippen LogP contribution in [-0.4, -0.2) is 21.4 Å². The zero-order chi connectivity index (χ0) is 15.4. The van der Waals surface area contributed by atoms with Crippen LogP contribution in [0.1, 0.15) is 24.5 Å². The van der Waals surface area contributed by atoms with Crippen LogP contribution in [0.3, 0.4) is 0 Å². The van der Waals surface area contributed by atoms with E-state index >= 15 is 0 Å². The topological polar surface area (TPSA) is 80.9 Å². The van der Waals surface area contributed by atoms with Crippen LogP contribution in [-0.2, 0) is 4.79 Å². The molecule has 0 radical (unpaired) electrons. The van der Waals surface area contributed by atoms with Crippen molar-refractivity contribution >= 4 is 39.8 Å². The van der Waals surface area contributed by atoms with E-state index in [1.54, 1.807) is 0 Å². The summed E-state index contributed by atoms with van der Waals surface area (Å²) in [6, 6.07) is 5.90. The lowest BCUT2D eigenvalue weighted by Gasteiger charge is -2.13. The molecule has 1 atom stereocenters. The van der Waals surface area contributed by atoms with Crippen LogP contribution in [0, 0.1) is 13.8 Å². The molecule has 0 saturated heterocycles. The van der Waals surface area contributed by atoms with Crippen molar-refractivity contribution in [1.82, 2.24) is 10.2 Å². The van der Waals surface area contributed by atoms with Gasteiger partial charge in [0.25, 0.3) is 0 Å². The summed E-state index contributed by atoms with van der Waals surface area (Å²) in [4.78, 5) is 12.3. The fourth-order valence-corrected chi connectivity index (χ4v) is 3.56. The summed E-state index contributed by atoms with van der Waals surface area (Å²) in [6.45, 7) is 6.05. The lowest BCUT2D eigenvalue weighted by molar-refractivity contribution is -0.115. The van der Waals surface area contributed by atoms with Gasteiger partial charge in [0.1, 0.15) is 0 Å². The first-order valence-corrected chi connectivity index (χ1v) is 8.33. The van der Waals surface area contributed by atoms with Crippen molar-refractivity contribution in [3.8, 4) is 0 Å². The van der Waals surface area contributed by atoms with Crippen molar-refractivity contribution in [2.75, 3.05) is 11.1 Å². The Hall–Kier alpha value is -1.60. The van der Waals surface area contributed by atoms with Crippen molar-refractivity contribution in [3.05, 3.63) is 29.3 Å². The highest BCUT2D eigenvalue weighted by Gasteiger charge is 2.20. The SMILES string of the molecule is CCC(Sc1nnc(N)s1)C(=O)Nc1ccc(C)c(C)c1. The van der Waals surface area contributed by atoms with E-state index in [1.165, 1.54) is 28.7 Å². The summed E-state index contributed by atoms with van der Waals surface area (Å²) in [5.41, 5.74) is 8.74. The van der Waals surface area contributed by atoms with Crippen LogP contribution in [0.25, 0.3) is 0 Å². The molecule has 2 rings (SSSR count). The van der Waals surface area contributed by atoms with Crippen molar-refractivity contribution in [2.24, 2.45) is 0 Å². The first-order valence-electron chi connectivity index (χ1n) is 6.63. The van der Waals surface area contributed by atoms with Gasteiger partial charge in [0.15, 0.2) is 4.34 Å². The number of nitrogens with zero attached hydrogens (tertiary/aromatic N) is 2. The molecular formula is C14H18N4OS2. The smallest absolute Gasteiger partial charge is 0.237 e. The molecule has 21 heavy (non-hydrogen) atoms. The molecule has 0 aliphatic heterocycles. The Labute approximate surface area is 132 Å². The molecule has 2 aromatic rings. The number of nitrogens with two attached hydrogens (primary N) is 1. The summed E-state index contributed by atoms with van der Waals surface area (Å²) in [6.07, 6.45) is 0.709. The summed E-state index contributed by atoms with van der Waals surface area (Å²) in [5, 5.41) is 10.9. The maximum Gasteiger partial charge on any atom is 0.237 e. The first-order chi connectivity index (χ1) is 9.99. The number of carbonyl (C=O) groups excluding carboxylic acids is 1. The minimum absolute atomic E-state index is 0.0282. The highest BCUT2D eigenvalue weighted by Crippen LogP contribution is 2.30. The number of anilines is 2. The zero-order valence-electron chi connectivity index (χ0n) is 12.2. The number of carbonyl (C=O) groups is 1. The molecule has 112 valence electrons. The van der Waals surface area contributed by atoms with Gasteiger partial charge in [-0.05, 0) is 43.5 Å². The molecule has 5 nitrogen and oxygen atoms in total. The number of hydrogen-bond donors (Lipinski definition) is 2. The summed E-state index contributed by atoms with van der Waals surface area (Å²) >= 11 is 2.70. The fraction of sp³-hybridized carbons (Fsp3) is 0.357. The van der Waals surface area contributed by atoms with Crippen molar-refractivity contribution in [1.29, 1.82) is 0 Å². The molecule has 0 spiro atoms. The van der Waals surface area contributed by atoms with Gasteiger partial charge in [0.2, 0.25) is 11.0 Å². The molecule has 1 heterocycles.